The predicted octanol–water partition coefficient (Wildman–Crippen LogP) is 6.16. The first kappa shape index (κ1) is 36.5. The van der Waals surface area contributed by atoms with Crippen molar-refractivity contribution in [3.05, 3.63) is 162 Å². The summed E-state index contributed by atoms with van der Waals surface area (Å²) < 4.78 is 28.2. The van der Waals surface area contributed by atoms with Gasteiger partial charge in [0.15, 0.2) is 11.6 Å². The maximum absolute atomic E-state index is 14.8. The first-order valence-electron chi connectivity index (χ1n) is 16.7. The van der Waals surface area contributed by atoms with Crippen LogP contribution in [0, 0.1) is 11.6 Å². The number of amides is 3. The summed E-state index contributed by atoms with van der Waals surface area (Å²) in [5, 5.41) is 4.87. The number of rotatable bonds is 14. The van der Waals surface area contributed by atoms with Gasteiger partial charge in [0.2, 0.25) is 11.8 Å². The molecule has 1 unspecified atom stereocenters. The molecule has 8 nitrogen and oxygen atoms in total. The van der Waals surface area contributed by atoms with Gasteiger partial charge in [-0.05, 0) is 82.8 Å². The number of hydrogen-bond acceptors (Lipinski definition) is 5. The average molecular weight is 690 g/mol. The summed E-state index contributed by atoms with van der Waals surface area (Å²) in [4.78, 5) is 49.3. The molecule has 0 bridgehead atoms. The predicted molar refractivity (Wildman–Crippen MR) is 194 cm³/mol. The average Bonchev–Trinajstić information content (AvgIpc) is 3.14. The van der Waals surface area contributed by atoms with Crippen LogP contribution in [0.1, 0.15) is 45.6 Å². The molecule has 1 heterocycles. The highest BCUT2D eigenvalue weighted by atomic mass is 19.2. The van der Waals surface area contributed by atoms with Crippen LogP contribution in [0.25, 0.3) is 10.8 Å². The van der Waals surface area contributed by atoms with E-state index in [4.69, 9.17) is 5.73 Å². The number of carbonyl (C=O) groups is 3. The first-order chi connectivity index (χ1) is 24.5. The van der Waals surface area contributed by atoms with E-state index in [0.29, 0.717) is 17.5 Å². The third-order valence-electron chi connectivity index (χ3n) is 8.94. The molecule has 10 heteroatoms. The zero-order chi connectivity index (χ0) is 36.5. The van der Waals surface area contributed by atoms with Crippen LogP contribution in [0.3, 0.4) is 0 Å². The number of likely N-dealkylation sites (N-methyl/N-ethyl adjacent to an activating group) is 1. The molecule has 51 heavy (non-hydrogen) atoms. The third kappa shape index (κ3) is 9.09. The highest BCUT2D eigenvalue weighted by Gasteiger charge is 2.36. The van der Waals surface area contributed by atoms with E-state index in [-0.39, 0.29) is 25.4 Å². The Labute approximate surface area is 296 Å². The summed E-state index contributed by atoms with van der Waals surface area (Å²) in [5.41, 5.74) is 9.24. The van der Waals surface area contributed by atoms with E-state index in [1.165, 1.54) is 22.1 Å². The van der Waals surface area contributed by atoms with Crippen molar-refractivity contribution in [3.63, 3.8) is 0 Å². The minimum atomic E-state index is -1.21. The lowest BCUT2D eigenvalue weighted by molar-refractivity contribution is -0.140. The molecular weight excluding hydrogens is 648 g/mol. The van der Waals surface area contributed by atoms with Gasteiger partial charge in [-0.1, -0.05) is 67.2 Å². The molecule has 0 aliphatic heterocycles. The first-order valence-corrected chi connectivity index (χ1v) is 16.7. The SMILES string of the molecule is C=CN(C(=O)[C@@H](Cc1ccc2ccccc2c1)N(C)C(=O)c1cccc(C(C)N)c1)[C@H](Cc1ccc(F)c(F)c1)C(=O)NCCc1ccncc1. The van der Waals surface area contributed by atoms with Crippen molar-refractivity contribution in [1.82, 2.24) is 20.1 Å². The van der Waals surface area contributed by atoms with E-state index in [2.05, 4.69) is 16.9 Å². The van der Waals surface area contributed by atoms with E-state index in [1.54, 1.807) is 37.6 Å². The second kappa shape index (κ2) is 16.8. The van der Waals surface area contributed by atoms with Crippen LogP contribution < -0.4 is 11.1 Å². The van der Waals surface area contributed by atoms with Crippen LogP contribution in [-0.2, 0) is 28.9 Å². The second-order valence-corrected chi connectivity index (χ2v) is 12.5. The van der Waals surface area contributed by atoms with Crippen LogP contribution in [0.15, 0.2) is 122 Å². The number of aromatic nitrogens is 1. The largest absolute Gasteiger partial charge is 0.354 e. The zero-order valence-corrected chi connectivity index (χ0v) is 28.6. The van der Waals surface area contributed by atoms with Gasteiger partial charge in [-0.25, -0.2) is 8.78 Å². The quantitative estimate of drug-likeness (QED) is 0.145. The van der Waals surface area contributed by atoms with E-state index in [0.717, 1.165) is 39.6 Å². The Morgan fingerprint density at radius 3 is 2.22 bits per heavy atom. The summed E-state index contributed by atoms with van der Waals surface area (Å²) in [6.45, 7) is 5.93. The Morgan fingerprint density at radius 1 is 0.824 bits per heavy atom. The standard InChI is InChI=1S/C41H41F2N5O3/c1-4-48(37(24-30-13-15-35(42)36(43)23-30)39(49)46-21-18-28-16-19-45-20-17-28)41(51)38(25-29-12-14-31-8-5-6-9-33(31)22-29)47(3)40(50)34-11-7-10-32(26-34)27(2)44/h4-17,19-20,22-23,26-27,37-38H,1,18,21,24-25,44H2,2-3H3,(H,46,49)/t27?,37-,38-/m1/s1. The highest BCUT2D eigenvalue weighted by molar-refractivity contribution is 5.99. The van der Waals surface area contributed by atoms with E-state index in [9.17, 15) is 23.2 Å². The second-order valence-electron chi connectivity index (χ2n) is 12.5. The molecule has 3 N–H and O–H groups in total. The molecule has 0 aliphatic rings. The number of pyridine rings is 1. The van der Waals surface area contributed by atoms with Crippen LogP contribution in [0.2, 0.25) is 0 Å². The van der Waals surface area contributed by atoms with Crippen molar-refractivity contribution in [2.24, 2.45) is 5.73 Å². The number of nitrogens with one attached hydrogen (secondary N) is 1. The smallest absolute Gasteiger partial charge is 0.254 e. The van der Waals surface area contributed by atoms with Crippen molar-refractivity contribution in [1.29, 1.82) is 0 Å². The van der Waals surface area contributed by atoms with Crippen LogP contribution in [0.4, 0.5) is 8.78 Å². The normalized spacial score (nSPS) is 12.8. The highest BCUT2D eigenvalue weighted by Crippen LogP contribution is 2.23. The molecule has 0 fully saturated rings. The summed E-state index contributed by atoms with van der Waals surface area (Å²) in [7, 11) is 1.55. The molecule has 0 saturated carbocycles. The molecule has 5 rings (SSSR count). The van der Waals surface area contributed by atoms with Crippen molar-refractivity contribution in [3.8, 4) is 0 Å². The molecule has 262 valence electrons. The van der Waals surface area contributed by atoms with Gasteiger partial charge < -0.3 is 20.9 Å². The Balaban J connectivity index is 1.50. The molecule has 1 aromatic heterocycles. The Bertz CT molecular complexity index is 2020. The van der Waals surface area contributed by atoms with Crippen LogP contribution in [-0.4, -0.2) is 58.2 Å². The van der Waals surface area contributed by atoms with Crippen molar-refractivity contribution in [2.75, 3.05) is 13.6 Å². The molecule has 5 aromatic rings. The number of hydrogen-bond donors (Lipinski definition) is 2. The summed E-state index contributed by atoms with van der Waals surface area (Å²) >= 11 is 0. The van der Waals surface area contributed by atoms with Crippen molar-refractivity contribution < 1.29 is 23.2 Å². The molecule has 0 saturated heterocycles. The fourth-order valence-corrected chi connectivity index (χ4v) is 6.03. The summed E-state index contributed by atoms with van der Waals surface area (Å²) in [6, 6.07) is 25.0. The summed E-state index contributed by atoms with van der Waals surface area (Å²) in [6.07, 6.45) is 5.02. The fourth-order valence-electron chi connectivity index (χ4n) is 6.03. The third-order valence-corrected chi connectivity index (χ3v) is 8.94. The maximum Gasteiger partial charge on any atom is 0.254 e. The lowest BCUT2D eigenvalue weighted by Crippen LogP contribution is -2.55. The number of carbonyl (C=O) groups excluding carboxylic acids is 3. The Morgan fingerprint density at radius 2 is 1.51 bits per heavy atom. The number of fused-ring (bicyclic) bond motifs is 1. The number of nitrogens with two attached hydrogens (primary N) is 1. The topological polar surface area (TPSA) is 109 Å². The Hall–Kier alpha value is -5.74. The van der Waals surface area contributed by atoms with E-state index < -0.39 is 41.4 Å². The lowest BCUT2D eigenvalue weighted by atomic mass is 9.97. The minimum Gasteiger partial charge on any atom is -0.354 e. The zero-order valence-electron chi connectivity index (χ0n) is 28.6. The van der Waals surface area contributed by atoms with Crippen LogP contribution >= 0.6 is 0 Å². The van der Waals surface area contributed by atoms with Gasteiger partial charge in [-0.2, -0.15) is 0 Å². The van der Waals surface area contributed by atoms with Crippen molar-refractivity contribution >= 4 is 28.5 Å². The summed E-state index contributed by atoms with van der Waals surface area (Å²) in [5.74, 6) is -3.62. The van der Waals surface area contributed by atoms with Gasteiger partial charge in [-0.15, -0.1) is 0 Å². The van der Waals surface area contributed by atoms with Gasteiger partial charge in [0.25, 0.3) is 5.91 Å². The minimum absolute atomic E-state index is 0.116. The molecule has 0 aliphatic carbocycles. The van der Waals surface area contributed by atoms with E-state index >= 15 is 0 Å². The van der Waals surface area contributed by atoms with Crippen molar-refractivity contribution in [2.45, 2.75) is 44.3 Å². The van der Waals surface area contributed by atoms with Gasteiger partial charge in [0.1, 0.15) is 12.1 Å². The van der Waals surface area contributed by atoms with E-state index in [1.807, 2.05) is 67.6 Å². The molecule has 4 aromatic carbocycles. The molecular formula is C41H41F2N5O3. The maximum atomic E-state index is 14.8. The number of nitrogens with zero attached hydrogens (tertiary/aromatic N) is 3. The van der Waals surface area contributed by atoms with Crippen LogP contribution in [0.5, 0.6) is 0 Å². The molecule has 3 amide bonds. The fraction of sp³-hybridized carbons (Fsp3) is 0.220. The number of benzene rings is 4. The monoisotopic (exact) mass is 689 g/mol. The lowest BCUT2D eigenvalue weighted by Gasteiger charge is -2.35. The molecule has 3 atom stereocenters. The number of halogens is 2. The van der Waals surface area contributed by atoms with Gasteiger partial charge in [0.05, 0.1) is 0 Å². The van der Waals surface area contributed by atoms with Gasteiger partial charge >= 0.3 is 0 Å². The molecule has 0 spiro atoms. The molecule has 0 radical (unpaired) electrons. The Kier molecular flexibility index (Phi) is 12.0. The van der Waals surface area contributed by atoms with Gasteiger partial charge in [0, 0.05) is 56.6 Å². The van der Waals surface area contributed by atoms with Gasteiger partial charge in [-0.3, -0.25) is 19.4 Å².